The number of unbranched alkanes of at least 4 members (excludes halogenated alkanes) is 2. The topological polar surface area (TPSA) is 143 Å². The number of methoxy groups -OCH3 is 1. The van der Waals surface area contributed by atoms with Gasteiger partial charge in [-0.3, -0.25) is 19.2 Å². The number of ether oxygens (including phenoxy) is 2. The smallest absolute Gasteiger partial charge is 0.408 e. The first kappa shape index (κ1) is 54.2. The van der Waals surface area contributed by atoms with Crippen molar-refractivity contribution in [1.29, 1.82) is 0 Å². The van der Waals surface area contributed by atoms with Crippen molar-refractivity contribution in [1.82, 2.24) is 20.9 Å². The number of Topliss-reactive ketones (excluding diaryl/α,β-unsaturated/α-hetero) is 1. The summed E-state index contributed by atoms with van der Waals surface area (Å²) >= 11 is 3.53. The van der Waals surface area contributed by atoms with Crippen LogP contribution in [0.2, 0.25) is 0 Å². The Hall–Kier alpha value is -2.34. The Balaban J connectivity index is -0.000000116. The minimum absolute atomic E-state index is 0.0131. The van der Waals surface area contributed by atoms with Gasteiger partial charge in [-0.25, -0.2) is 4.79 Å². The highest BCUT2D eigenvalue weighted by Crippen LogP contribution is 2.16. The van der Waals surface area contributed by atoms with Crippen LogP contribution in [0.15, 0.2) is 0 Å². The fraction of sp³-hybridized carbons (Fsp3) is 0.844. The van der Waals surface area contributed by atoms with E-state index in [0.29, 0.717) is 13.0 Å². The number of likely N-dealkylation sites (tertiary alicyclic amines) is 1. The van der Waals surface area contributed by atoms with E-state index in [2.05, 4.69) is 61.0 Å². The molecular weight excluding hydrogens is 584 g/mol. The maximum absolute atomic E-state index is 11.8. The quantitative estimate of drug-likeness (QED) is 0.133. The molecule has 3 N–H and O–H groups in total. The third kappa shape index (κ3) is 46.6. The lowest BCUT2D eigenvalue weighted by molar-refractivity contribution is -0.137. The van der Waals surface area contributed by atoms with E-state index >= 15 is 0 Å². The maximum Gasteiger partial charge on any atom is 0.408 e. The minimum Gasteiger partial charge on any atom is -0.444 e. The van der Waals surface area contributed by atoms with Crippen molar-refractivity contribution in [3.8, 4) is 0 Å². The van der Waals surface area contributed by atoms with Crippen molar-refractivity contribution in [3.63, 3.8) is 0 Å². The van der Waals surface area contributed by atoms with Crippen molar-refractivity contribution >= 4 is 42.7 Å². The molecule has 12 heteroatoms. The molecule has 44 heavy (non-hydrogen) atoms. The first-order valence-corrected chi connectivity index (χ1v) is 16.7. The third-order valence-corrected chi connectivity index (χ3v) is 4.50. The van der Waals surface area contributed by atoms with Crippen LogP contribution < -0.4 is 16.0 Å². The summed E-state index contributed by atoms with van der Waals surface area (Å²) in [4.78, 5) is 56.3. The van der Waals surface area contributed by atoms with Gasteiger partial charge in [0.25, 0.3) is 5.91 Å². The minimum atomic E-state index is -0.647. The first-order valence-electron chi connectivity index (χ1n) is 15.8. The van der Waals surface area contributed by atoms with E-state index in [1.54, 1.807) is 46.1 Å². The van der Waals surface area contributed by atoms with Crippen molar-refractivity contribution in [3.05, 3.63) is 0 Å². The zero-order chi connectivity index (χ0) is 36.0. The number of nitrogens with zero attached hydrogens (tertiary/aromatic N) is 1. The second kappa shape index (κ2) is 42.8. The van der Waals surface area contributed by atoms with Crippen LogP contribution in [-0.2, 0) is 28.7 Å². The van der Waals surface area contributed by atoms with Crippen LogP contribution in [-0.4, -0.2) is 93.3 Å². The number of carbonyl (C=O) groups is 5. The monoisotopic (exact) mass is 654 g/mol. The molecule has 1 aliphatic heterocycles. The number of carbonyl (C=O) groups excluding carboxylic acids is 5. The van der Waals surface area contributed by atoms with E-state index in [0.717, 1.165) is 25.8 Å². The molecule has 11 nitrogen and oxygen atoms in total. The lowest BCUT2D eigenvalue weighted by atomic mass is 10.2. The van der Waals surface area contributed by atoms with Crippen molar-refractivity contribution in [2.45, 2.75) is 133 Å². The molecule has 266 valence electrons. The number of ketones is 1. The summed E-state index contributed by atoms with van der Waals surface area (Å²) in [5.41, 5.74) is -0.534. The van der Waals surface area contributed by atoms with Gasteiger partial charge >= 0.3 is 6.09 Å². The molecule has 1 unspecified atom stereocenters. The fourth-order valence-electron chi connectivity index (χ4n) is 2.77. The summed E-state index contributed by atoms with van der Waals surface area (Å²) < 4.78 is 9.31. The van der Waals surface area contributed by atoms with Crippen LogP contribution in [0.3, 0.4) is 0 Å². The highest BCUT2D eigenvalue weighted by molar-refractivity contribution is 7.79. The van der Waals surface area contributed by atoms with Crippen LogP contribution in [0.1, 0.15) is 121 Å². The summed E-state index contributed by atoms with van der Waals surface area (Å²) in [6, 6.07) is 0.280. The molecule has 1 saturated heterocycles. The highest BCUT2D eigenvalue weighted by atomic mass is 32.1. The van der Waals surface area contributed by atoms with Crippen LogP contribution in [0, 0.1) is 0 Å². The molecule has 0 spiro atoms. The van der Waals surface area contributed by atoms with Gasteiger partial charge in [-0.2, -0.15) is 12.6 Å². The van der Waals surface area contributed by atoms with Gasteiger partial charge < -0.3 is 30.3 Å². The zero-order valence-corrected chi connectivity index (χ0v) is 31.6. The summed E-state index contributed by atoms with van der Waals surface area (Å²) in [6.07, 6.45) is 9.72. The molecule has 0 aromatic heterocycles. The average molecular weight is 655 g/mol. The number of amides is 4. The Morgan fingerprint density at radius 1 is 0.909 bits per heavy atom. The molecule has 0 aromatic rings. The highest BCUT2D eigenvalue weighted by Gasteiger charge is 2.25. The molecule has 1 atom stereocenters. The van der Waals surface area contributed by atoms with Crippen molar-refractivity contribution in [2.75, 3.05) is 46.7 Å². The Morgan fingerprint density at radius 2 is 1.39 bits per heavy atom. The molecule has 1 fully saturated rings. The number of nitrogens with one attached hydrogen (secondary N) is 3. The summed E-state index contributed by atoms with van der Waals surface area (Å²) in [6.45, 7) is 23.0. The van der Waals surface area contributed by atoms with Crippen LogP contribution >= 0.6 is 12.6 Å². The molecule has 0 bridgehead atoms. The molecule has 1 heterocycles. The predicted octanol–water partition coefficient (Wildman–Crippen LogP) is 5.80. The fourth-order valence-corrected chi connectivity index (χ4v) is 2.77. The molecule has 1 rings (SSSR count). The van der Waals surface area contributed by atoms with Crippen LogP contribution in [0.5, 0.6) is 0 Å². The average Bonchev–Trinajstić information content (AvgIpc) is 3.42. The molecule has 1 aliphatic rings. The van der Waals surface area contributed by atoms with Gasteiger partial charge in [0.2, 0.25) is 18.1 Å². The molecule has 0 aliphatic carbocycles. The summed E-state index contributed by atoms with van der Waals surface area (Å²) in [5.74, 6) is -1.32. The summed E-state index contributed by atoms with van der Waals surface area (Å²) in [5, 5.41) is 7.00. The van der Waals surface area contributed by atoms with E-state index in [4.69, 9.17) is 4.74 Å². The predicted molar refractivity (Wildman–Crippen MR) is 187 cm³/mol. The largest absolute Gasteiger partial charge is 0.444 e. The number of hydrogen-bond acceptors (Lipinski definition) is 8. The molecule has 0 saturated carbocycles. The van der Waals surface area contributed by atoms with Gasteiger partial charge in [-0.05, 0) is 53.2 Å². The molecule has 0 aromatic carbocycles. The number of thiol groups is 1. The maximum atomic E-state index is 11.8. The molecular formula is C32H70N4O7S. The van der Waals surface area contributed by atoms with Gasteiger partial charge in [0.05, 0.1) is 6.54 Å². The lowest BCUT2D eigenvalue weighted by Gasteiger charge is -2.23. The van der Waals surface area contributed by atoms with E-state index in [1.165, 1.54) is 25.7 Å². The van der Waals surface area contributed by atoms with Gasteiger partial charge in [0, 0.05) is 33.4 Å². The van der Waals surface area contributed by atoms with Crippen molar-refractivity contribution in [2.24, 2.45) is 0 Å². The second-order valence-corrected chi connectivity index (χ2v) is 10.1. The first-order chi connectivity index (χ1) is 20.8. The molecule has 4 amide bonds. The van der Waals surface area contributed by atoms with Crippen molar-refractivity contribution < 1.29 is 33.4 Å². The van der Waals surface area contributed by atoms with E-state index in [-0.39, 0.29) is 25.0 Å². The van der Waals surface area contributed by atoms with E-state index in [1.807, 2.05) is 27.7 Å². The Kier molecular flexibility index (Phi) is 52.7. The third-order valence-electron chi connectivity index (χ3n) is 4.50. The second-order valence-electron chi connectivity index (χ2n) is 10.1. The zero-order valence-electron chi connectivity index (χ0n) is 30.7. The number of hydrogen-bond donors (Lipinski definition) is 4. The number of rotatable bonds is 10. The van der Waals surface area contributed by atoms with Crippen LogP contribution in [0.25, 0.3) is 0 Å². The van der Waals surface area contributed by atoms with E-state index < -0.39 is 23.4 Å². The van der Waals surface area contributed by atoms with Gasteiger partial charge in [-0.15, -0.1) is 0 Å². The van der Waals surface area contributed by atoms with Gasteiger partial charge in [0.15, 0.2) is 0 Å². The normalized spacial score (nSPS) is 12.2. The SMILES string of the molecule is CC.CC1CCCN1C(=O)CNC(=O)OC(C)(C)C.CCC.CCCCC.CCCNC(=O)C(=O)CNC=O.COC.CS. The van der Waals surface area contributed by atoms with E-state index in [9.17, 15) is 24.0 Å². The summed E-state index contributed by atoms with van der Waals surface area (Å²) in [7, 11) is 3.25. The lowest BCUT2D eigenvalue weighted by Crippen LogP contribution is -2.43. The Morgan fingerprint density at radius 3 is 1.70 bits per heavy atom. The Bertz CT molecular complexity index is 657. The standard InChI is InChI=1S/C12H22N2O3.C7H12N2O3.C5H12.C3H8.C2H6O.C2H6.CH4S/c1-9-6-5-7-14(9)10(15)8-13-11(16)17-12(2,3)4;1-2-3-9-7(12)6(11)4-8-5-10;1-3-5-4-2;2*1-3-2;2*1-2/h9H,5-8H2,1-4H3,(H,13,16);5H,2-4H2,1H3,(H,8,10)(H,9,12);3-5H2,1-2H3;3H2,1-2H3;1-2H3;1-2H3;2H,1H3. The van der Waals surface area contributed by atoms with Gasteiger partial charge in [-0.1, -0.05) is 74.1 Å². The molecule has 0 radical (unpaired) electrons. The Labute approximate surface area is 276 Å². The van der Waals surface area contributed by atoms with Crippen LogP contribution in [0.4, 0.5) is 4.79 Å². The van der Waals surface area contributed by atoms with Gasteiger partial charge in [0.1, 0.15) is 12.1 Å². The number of alkyl carbamates (subject to hydrolysis) is 1.